The van der Waals surface area contributed by atoms with Crippen LogP contribution in [0.15, 0.2) is 0 Å². The summed E-state index contributed by atoms with van der Waals surface area (Å²) in [5.41, 5.74) is 9.81. The van der Waals surface area contributed by atoms with Gasteiger partial charge in [0, 0.05) is 13.1 Å². The number of carbonyl (C=O) groups excluding carboxylic acids is 1. The van der Waals surface area contributed by atoms with Crippen LogP contribution < -0.4 is 27.8 Å². The summed E-state index contributed by atoms with van der Waals surface area (Å²) < 4.78 is 0. The van der Waals surface area contributed by atoms with Gasteiger partial charge in [-0.25, -0.2) is 0 Å². The molecule has 6 nitrogen and oxygen atoms in total. The van der Waals surface area contributed by atoms with Crippen molar-refractivity contribution in [3.05, 3.63) is 0 Å². The SMILES string of the molecule is N.NCCN.O=C([O-])[O-].[Ca+2]. The van der Waals surface area contributed by atoms with E-state index in [9.17, 15) is 0 Å². The molecule has 0 radical (unpaired) electrons. The van der Waals surface area contributed by atoms with Crippen molar-refractivity contribution in [2.75, 3.05) is 13.1 Å². The summed E-state index contributed by atoms with van der Waals surface area (Å²) >= 11 is 0. The largest absolute Gasteiger partial charge is 2.00 e. The summed E-state index contributed by atoms with van der Waals surface area (Å²) in [4.78, 5) is 8.33. The van der Waals surface area contributed by atoms with Gasteiger partial charge in [0.05, 0.1) is 0 Å². The quantitative estimate of drug-likeness (QED) is 0.350. The standard InChI is InChI=1S/C2H8N2.CH2O3.Ca.H3N/c3-1-2-4;2-1(3)4;;/h1-4H2;(H2,2,3,4);;1H3/q;;+2;/p-2. The fourth-order valence-electron chi connectivity index (χ4n) is 0. The predicted molar refractivity (Wildman–Crippen MR) is 34.3 cm³/mol. The second kappa shape index (κ2) is 22.7. The van der Waals surface area contributed by atoms with Crippen molar-refractivity contribution in [1.29, 1.82) is 0 Å². The number of hydrogen-bond donors (Lipinski definition) is 3. The molecule has 0 rings (SSSR count). The van der Waals surface area contributed by atoms with Crippen LogP contribution in [-0.2, 0) is 0 Å². The molecule has 0 fully saturated rings. The van der Waals surface area contributed by atoms with E-state index in [1.807, 2.05) is 0 Å². The number of nitrogens with two attached hydrogens (primary N) is 2. The van der Waals surface area contributed by atoms with Gasteiger partial charge in [0.1, 0.15) is 0 Å². The van der Waals surface area contributed by atoms with Crippen molar-refractivity contribution in [2.45, 2.75) is 0 Å². The maximum absolute atomic E-state index is 8.33. The Kier molecular flexibility index (Phi) is 51.0. The Morgan fingerprint density at radius 2 is 1.30 bits per heavy atom. The van der Waals surface area contributed by atoms with Crippen LogP contribution in [0.2, 0.25) is 0 Å². The Labute approximate surface area is 89.2 Å². The Morgan fingerprint density at radius 3 is 1.30 bits per heavy atom. The van der Waals surface area contributed by atoms with E-state index in [1.165, 1.54) is 0 Å². The molecule has 0 amide bonds. The fraction of sp³-hybridized carbons (Fsp3) is 0.667. The van der Waals surface area contributed by atoms with Crippen LogP contribution in [0.4, 0.5) is 4.79 Å². The summed E-state index contributed by atoms with van der Waals surface area (Å²) in [5, 5.41) is 16.7. The molecule has 0 aliphatic rings. The van der Waals surface area contributed by atoms with Gasteiger partial charge < -0.3 is 32.6 Å². The zero-order valence-corrected chi connectivity index (χ0v) is 7.92. The summed E-state index contributed by atoms with van der Waals surface area (Å²) in [5.74, 6) is 0. The summed E-state index contributed by atoms with van der Waals surface area (Å²) in [6.45, 7) is 1.19. The van der Waals surface area contributed by atoms with Gasteiger partial charge in [-0.05, 0) is 6.16 Å². The van der Waals surface area contributed by atoms with Gasteiger partial charge in [-0.15, -0.1) is 0 Å². The van der Waals surface area contributed by atoms with Gasteiger partial charge in [0.2, 0.25) is 0 Å². The minimum absolute atomic E-state index is 0. The van der Waals surface area contributed by atoms with Crippen molar-refractivity contribution >= 4 is 43.9 Å². The summed E-state index contributed by atoms with van der Waals surface area (Å²) in [7, 11) is 0. The maximum Gasteiger partial charge on any atom is 2.00 e. The molecule has 10 heavy (non-hydrogen) atoms. The maximum atomic E-state index is 8.33. The molecule has 58 valence electrons. The third-order valence-corrected chi connectivity index (χ3v) is 0.167. The Morgan fingerprint density at radius 1 is 1.20 bits per heavy atom. The molecule has 0 aromatic heterocycles. The molecule has 0 aliphatic heterocycles. The van der Waals surface area contributed by atoms with Gasteiger partial charge in [-0.1, -0.05) is 0 Å². The second-order valence-corrected chi connectivity index (χ2v) is 0.827. The van der Waals surface area contributed by atoms with Crippen LogP contribution in [0.25, 0.3) is 0 Å². The van der Waals surface area contributed by atoms with Crippen LogP contribution >= 0.6 is 0 Å². The van der Waals surface area contributed by atoms with Gasteiger partial charge in [-0.2, -0.15) is 0 Å². The van der Waals surface area contributed by atoms with E-state index in [2.05, 4.69) is 0 Å². The first-order chi connectivity index (χ1) is 3.65. The third-order valence-electron chi connectivity index (χ3n) is 0.167. The van der Waals surface area contributed by atoms with Crippen LogP contribution in [0, 0.1) is 0 Å². The minimum atomic E-state index is -2.33. The molecule has 0 bridgehead atoms. The topological polar surface area (TPSA) is 150 Å². The molecule has 7 heteroatoms. The summed E-state index contributed by atoms with van der Waals surface area (Å²) in [6, 6.07) is 0. The van der Waals surface area contributed by atoms with Gasteiger partial charge in [0.15, 0.2) is 0 Å². The van der Waals surface area contributed by atoms with E-state index in [1.54, 1.807) is 0 Å². The molecule has 0 heterocycles. The summed E-state index contributed by atoms with van der Waals surface area (Å²) in [6.07, 6.45) is -2.33. The molecule has 0 unspecified atom stereocenters. The molecular weight excluding hydrogens is 166 g/mol. The molecule has 0 aliphatic carbocycles. The van der Waals surface area contributed by atoms with E-state index in [-0.39, 0.29) is 43.9 Å². The van der Waals surface area contributed by atoms with Gasteiger partial charge >= 0.3 is 37.7 Å². The molecule has 0 atom stereocenters. The zero-order valence-electron chi connectivity index (χ0n) is 5.71. The first kappa shape index (κ1) is 22.4. The number of hydrogen-bond acceptors (Lipinski definition) is 6. The zero-order chi connectivity index (χ0) is 6.99. The normalized spacial score (nSPS) is 5.40. The monoisotopic (exact) mass is 177 g/mol. The van der Waals surface area contributed by atoms with Gasteiger partial charge in [-0.3, -0.25) is 0 Å². The number of carbonyl (C=O) groups is 1. The molecule has 0 aromatic carbocycles. The van der Waals surface area contributed by atoms with Crippen LogP contribution in [-0.4, -0.2) is 57.0 Å². The molecule has 7 N–H and O–H groups in total. The molecule has 0 aromatic rings. The van der Waals surface area contributed by atoms with E-state index >= 15 is 0 Å². The predicted octanol–water partition coefficient (Wildman–Crippen LogP) is -3.76. The minimum Gasteiger partial charge on any atom is -0.652 e. The van der Waals surface area contributed by atoms with Crippen molar-refractivity contribution in [1.82, 2.24) is 6.15 Å². The molecule has 0 saturated heterocycles. The van der Waals surface area contributed by atoms with Gasteiger partial charge in [0.25, 0.3) is 0 Å². The first-order valence-electron chi connectivity index (χ1n) is 1.93. The van der Waals surface area contributed by atoms with Crippen LogP contribution in [0.5, 0.6) is 0 Å². The molecular formula is C3H11CaN3O3. The van der Waals surface area contributed by atoms with Crippen molar-refractivity contribution in [3.63, 3.8) is 0 Å². The van der Waals surface area contributed by atoms with Crippen LogP contribution in [0.3, 0.4) is 0 Å². The van der Waals surface area contributed by atoms with E-state index in [4.69, 9.17) is 26.5 Å². The van der Waals surface area contributed by atoms with E-state index in [0.29, 0.717) is 13.1 Å². The van der Waals surface area contributed by atoms with E-state index in [0.717, 1.165) is 0 Å². The van der Waals surface area contributed by atoms with Crippen molar-refractivity contribution in [3.8, 4) is 0 Å². The Hall–Kier alpha value is 0.410. The second-order valence-electron chi connectivity index (χ2n) is 0.827. The van der Waals surface area contributed by atoms with Crippen molar-refractivity contribution < 1.29 is 15.0 Å². The Bertz CT molecular complexity index is 57.0. The average molecular weight is 177 g/mol. The van der Waals surface area contributed by atoms with Crippen LogP contribution in [0.1, 0.15) is 0 Å². The van der Waals surface area contributed by atoms with Crippen molar-refractivity contribution in [2.24, 2.45) is 11.5 Å². The van der Waals surface area contributed by atoms with E-state index < -0.39 is 6.16 Å². The average Bonchev–Trinajstić information content (AvgIpc) is 1.65. The number of carboxylic acid groups (broad SMARTS) is 2. The Balaban J connectivity index is -0.0000000300. The molecule has 0 saturated carbocycles. The smallest absolute Gasteiger partial charge is 0.652 e. The molecule has 0 spiro atoms. The fourth-order valence-corrected chi connectivity index (χ4v) is 0. The number of rotatable bonds is 1. The first-order valence-corrected chi connectivity index (χ1v) is 1.93. The third kappa shape index (κ3) is 232.